The summed E-state index contributed by atoms with van der Waals surface area (Å²) in [5.74, 6) is 0. The molecule has 0 saturated carbocycles. The minimum absolute atomic E-state index is 0.112. The van der Waals surface area contributed by atoms with Crippen LogP contribution in [0.2, 0.25) is 0 Å². The number of halogens is 2. The summed E-state index contributed by atoms with van der Waals surface area (Å²) < 4.78 is 25.9. The Balaban J connectivity index is 2.31. The zero-order valence-corrected chi connectivity index (χ0v) is 11.1. The van der Waals surface area contributed by atoms with Crippen LogP contribution in [0, 0.1) is 13.8 Å². The van der Waals surface area contributed by atoms with Gasteiger partial charge in [-0.25, -0.2) is 8.78 Å². The van der Waals surface area contributed by atoms with Crippen molar-refractivity contribution in [2.24, 2.45) is 0 Å². The van der Waals surface area contributed by atoms with Gasteiger partial charge in [-0.05, 0) is 38.1 Å². The molecule has 0 nitrogen and oxygen atoms in total. The van der Waals surface area contributed by atoms with Gasteiger partial charge in [0.05, 0.1) is 0 Å². The number of hydrogen-bond donors (Lipinski definition) is 0. The summed E-state index contributed by atoms with van der Waals surface area (Å²) in [5, 5.41) is 0. The quantitative estimate of drug-likeness (QED) is 0.716. The van der Waals surface area contributed by atoms with E-state index >= 15 is 0 Å². The second-order valence-electron chi connectivity index (χ2n) is 4.26. The second-order valence-corrected chi connectivity index (χ2v) is 5.37. The van der Waals surface area contributed by atoms with Gasteiger partial charge in [0.2, 0.25) is 0 Å². The molecular weight excluding hydrogens is 250 g/mol. The average Bonchev–Trinajstić information content (AvgIpc) is 2.34. The predicted molar refractivity (Wildman–Crippen MR) is 71.4 cm³/mol. The summed E-state index contributed by atoms with van der Waals surface area (Å²) in [6.07, 6.45) is -2.43. The lowest BCUT2D eigenvalue weighted by atomic mass is 10.1. The third kappa shape index (κ3) is 3.10. The van der Waals surface area contributed by atoms with Gasteiger partial charge in [0, 0.05) is 15.4 Å². The lowest BCUT2D eigenvalue weighted by molar-refractivity contribution is 0.148. The third-order valence-electron chi connectivity index (χ3n) is 2.65. The van der Waals surface area contributed by atoms with E-state index in [9.17, 15) is 8.78 Å². The fraction of sp³-hybridized carbons (Fsp3) is 0.200. The number of aryl methyl sites for hydroxylation is 2. The van der Waals surface area contributed by atoms with Gasteiger partial charge in [-0.3, -0.25) is 0 Å². The summed E-state index contributed by atoms with van der Waals surface area (Å²) in [7, 11) is 0. The van der Waals surface area contributed by atoms with Crippen LogP contribution in [0.4, 0.5) is 8.78 Å². The maximum Gasteiger partial charge on any atom is 0.264 e. The highest BCUT2D eigenvalue weighted by Crippen LogP contribution is 2.35. The van der Waals surface area contributed by atoms with Gasteiger partial charge in [-0.15, -0.1) is 0 Å². The number of alkyl halides is 2. The van der Waals surface area contributed by atoms with Crippen LogP contribution in [0.25, 0.3) is 0 Å². The maximum absolute atomic E-state index is 13.0. The molecule has 2 aromatic carbocycles. The van der Waals surface area contributed by atoms with Gasteiger partial charge >= 0.3 is 0 Å². The van der Waals surface area contributed by atoms with Gasteiger partial charge in [-0.1, -0.05) is 41.1 Å². The van der Waals surface area contributed by atoms with Crippen LogP contribution in [0.1, 0.15) is 23.1 Å². The zero-order chi connectivity index (χ0) is 13.1. The highest BCUT2D eigenvalue weighted by atomic mass is 32.2. The van der Waals surface area contributed by atoms with Crippen LogP contribution in [-0.4, -0.2) is 0 Å². The third-order valence-corrected chi connectivity index (χ3v) is 3.75. The van der Waals surface area contributed by atoms with Gasteiger partial charge in [-0.2, -0.15) is 0 Å². The van der Waals surface area contributed by atoms with E-state index in [1.54, 1.807) is 12.1 Å². The van der Waals surface area contributed by atoms with E-state index in [0.717, 1.165) is 16.0 Å². The molecule has 18 heavy (non-hydrogen) atoms. The largest absolute Gasteiger partial charge is 0.264 e. The summed E-state index contributed by atoms with van der Waals surface area (Å²) in [6, 6.07) is 13.1. The number of rotatable bonds is 3. The van der Waals surface area contributed by atoms with Crippen molar-refractivity contribution in [3.8, 4) is 0 Å². The minimum atomic E-state index is -2.43. The van der Waals surface area contributed by atoms with E-state index in [0.29, 0.717) is 4.90 Å². The Labute approximate surface area is 110 Å². The van der Waals surface area contributed by atoms with Crippen LogP contribution < -0.4 is 0 Å². The molecule has 0 radical (unpaired) electrons. The first-order chi connectivity index (χ1) is 8.56. The average molecular weight is 264 g/mol. The van der Waals surface area contributed by atoms with E-state index in [-0.39, 0.29) is 5.56 Å². The van der Waals surface area contributed by atoms with E-state index < -0.39 is 6.43 Å². The molecule has 0 atom stereocenters. The molecule has 0 amide bonds. The molecule has 0 aromatic heterocycles. The fourth-order valence-corrected chi connectivity index (χ4v) is 2.59. The molecule has 0 unspecified atom stereocenters. The first-order valence-corrected chi connectivity index (χ1v) is 6.51. The minimum Gasteiger partial charge on any atom is -0.205 e. The van der Waals surface area contributed by atoms with Crippen LogP contribution in [0.5, 0.6) is 0 Å². The van der Waals surface area contributed by atoms with Gasteiger partial charge in [0.25, 0.3) is 6.43 Å². The van der Waals surface area contributed by atoms with Gasteiger partial charge < -0.3 is 0 Å². The van der Waals surface area contributed by atoms with Crippen molar-refractivity contribution in [3.05, 3.63) is 59.2 Å². The fourth-order valence-electron chi connectivity index (χ4n) is 1.66. The number of hydrogen-bond acceptors (Lipinski definition) is 1. The zero-order valence-electron chi connectivity index (χ0n) is 10.3. The van der Waals surface area contributed by atoms with E-state index in [2.05, 4.69) is 0 Å². The highest BCUT2D eigenvalue weighted by Gasteiger charge is 2.13. The first kappa shape index (κ1) is 13.1. The van der Waals surface area contributed by atoms with Crippen LogP contribution >= 0.6 is 11.8 Å². The molecule has 94 valence electrons. The van der Waals surface area contributed by atoms with E-state index in [1.165, 1.54) is 11.8 Å². The van der Waals surface area contributed by atoms with Crippen molar-refractivity contribution in [3.63, 3.8) is 0 Å². The lowest BCUT2D eigenvalue weighted by Gasteiger charge is -2.09. The Morgan fingerprint density at radius 2 is 1.50 bits per heavy atom. The van der Waals surface area contributed by atoms with Crippen molar-refractivity contribution in [1.82, 2.24) is 0 Å². The molecule has 0 aliphatic heterocycles. The van der Waals surface area contributed by atoms with E-state index in [1.807, 2.05) is 44.2 Å². The van der Waals surface area contributed by atoms with Crippen LogP contribution in [-0.2, 0) is 0 Å². The highest BCUT2D eigenvalue weighted by molar-refractivity contribution is 7.99. The molecule has 0 fully saturated rings. The summed E-state index contributed by atoms with van der Waals surface area (Å²) in [5.41, 5.74) is 2.14. The molecule has 0 heterocycles. The molecule has 0 N–H and O–H groups in total. The molecule has 0 saturated heterocycles. The Morgan fingerprint density at radius 1 is 0.889 bits per heavy atom. The second kappa shape index (κ2) is 5.53. The Kier molecular flexibility index (Phi) is 4.02. The van der Waals surface area contributed by atoms with Crippen molar-refractivity contribution in [2.45, 2.75) is 30.1 Å². The SMILES string of the molecule is Cc1ccc(Sc2ccc(C)cc2C(F)F)cc1. The standard InChI is InChI=1S/C15H14F2S/c1-10-3-6-12(7-4-10)18-14-8-5-11(2)9-13(14)15(16)17/h3-9,15H,1-2H3. The predicted octanol–water partition coefficient (Wildman–Crippen LogP) is 5.39. The summed E-state index contributed by atoms with van der Waals surface area (Å²) in [4.78, 5) is 1.60. The molecule has 2 rings (SSSR count). The molecule has 0 bridgehead atoms. The van der Waals surface area contributed by atoms with Crippen molar-refractivity contribution >= 4 is 11.8 Å². The molecule has 0 spiro atoms. The lowest BCUT2D eigenvalue weighted by Crippen LogP contribution is -1.89. The monoisotopic (exact) mass is 264 g/mol. The molecule has 2 aromatic rings. The smallest absolute Gasteiger partial charge is 0.205 e. The van der Waals surface area contributed by atoms with Crippen molar-refractivity contribution in [1.29, 1.82) is 0 Å². The number of benzene rings is 2. The molecule has 0 aliphatic rings. The molecule has 3 heteroatoms. The van der Waals surface area contributed by atoms with Crippen molar-refractivity contribution < 1.29 is 8.78 Å². The normalized spacial score (nSPS) is 10.9. The van der Waals surface area contributed by atoms with Crippen LogP contribution in [0.3, 0.4) is 0 Å². The Morgan fingerprint density at radius 3 is 2.11 bits per heavy atom. The first-order valence-electron chi connectivity index (χ1n) is 5.69. The Bertz CT molecular complexity index is 533. The van der Waals surface area contributed by atoms with E-state index in [4.69, 9.17) is 0 Å². The Hall–Kier alpha value is -1.35. The summed E-state index contributed by atoms with van der Waals surface area (Å²) >= 11 is 1.38. The molecular formula is C15H14F2S. The van der Waals surface area contributed by atoms with Crippen LogP contribution in [0.15, 0.2) is 52.3 Å². The van der Waals surface area contributed by atoms with Crippen molar-refractivity contribution in [2.75, 3.05) is 0 Å². The van der Waals surface area contributed by atoms with Gasteiger partial charge in [0.15, 0.2) is 0 Å². The topological polar surface area (TPSA) is 0 Å². The summed E-state index contributed by atoms with van der Waals surface area (Å²) in [6.45, 7) is 3.83. The van der Waals surface area contributed by atoms with Gasteiger partial charge in [0.1, 0.15) is 0 Å². The maximum atomic E-state index is 13.0. The molecule has 0 aliphatic carbocycles.